The summed E-state index contributed by atoms with van der Waals surface area (Å²) in [5.41, 5.74) is 2.69. The van der Waals surface area contributed by atoms with Gasteiger partial charge in [0.25, 0.3) is 0 Å². The molecule has 1 saturated heterocycles. The second kappa shape index (κ2) is 6.66. The van der Waals surface area contributed by atoms with Crippen LogP contribution in [0.5, 0.6) is 0 Å². The van der Waals surface area contributed by atoms with Crippen molar-refractivity contribution in [1.29, 1.82) is 0 Å². The molecule has 1 aromatic rings. The highest BCUT2D eigenvalue weighted by molar-refractivity contribution is 5.30. The Morgan fingerprint density at radius 3 is 3.05 bits per heavy atom. The highest BCUT2D eigenvalue weighted by atomic mass is 16.7. The Hall–Kier alpha value is -0.970. The molecule has 1 aliphatic carbocycles. The molecule has 1 N–H and O–H groups in total. The van der Waals surface area contributed by atoms with Crippen molar-refractivity contribution >= 4 is 0 Å². The van der Waals surface area contributed by atoms with Gasteiger partial charge in [-0.25, -0.2) is 0 Å². The number of aryl methyl sites for hydroxylation is 1. The summed E-state index contributed by atoms with van der Waals surface area (Å²) < 4.78 is 11.3. The lowest BCUT2D eigenvalue weighted by Gasteiger charge is -2.27. The third-order valence-electron chi connectivity index (χ3n) is 4.28. The number of rotatable bonds is 6. The zero-order valence-electron chi connectivity index (χ0n) is 12.2. The average molecular weight is 276 g/mol. The predicted molar refractivity (Wildman–Crippen MR) is 77.7 cm³/mol. The van der Waals surface area contributed by atoms with Gasteiger partial charge in [0.15, 0.2) is 6.29 Å². The fourth-order valence-electron chi connectivity index (χ4n) is 3.31. The maximum absolute atomic E-state index is 5.63. The number of aromatic nitrogens is 1. The second-order valence-corrected chi connectivity index (χ2v) is 5.66. The molecule has 0 spiro atoms. The van der Waals surface area contributed by atoms with Gasteiger partial charge in [-0.1, -0.05) is 13.0 Å². The SMILES string of the molecule is CCCNC(CC1OCCO1)C1CCc2cccnc21. The van der Waals surface area contributed by atoms with Gasteiger partial charge in [0.05, 0.1) is 13.2 Å². The molecule has 0 bridgehead atoms. The molecular weight excluding hydrogens is 252 g/mol. The summed E-state index contributed by atoms with van der Waals surface area (Å²) in [4.78, 5) is 4.62. The van der Waals surface area contributed by atoms with Gasteiger partial charge < -0.3 is 14.8 Å². The first-order valence-electron chi connectivity index (χ1n) is 7.79. The largest absolute Gasteiger partial charge is 0.350 e. The fourth-order valence-corrected chi connectivity index (χ4v) is 3.31. The molecular formula is C16H24N2O2. The smallest absolute Gasteiger partial charge is 0.159 e. The first-order valence-corrected chi connectivity index (χ1v) is 7.79. The van der Waals surface area contributed by atoms with Crippen molar-refractivity contribution in [3.05, 3.63) is 29.6 Å². The van der Waals surface area contributed by atoms with Crippen molar-refractivity contribution in [2.24, 2.45) is 0 Å². The van der Waals surface area contributed by atoms with E-state index in [0.29, 0.717) is 12.0 Å². The molecule has 20 heavy (non-hydrogen) atoms. The van der Waals surface area contributed by atoms with E-state index in [1.54, 1.807) is 0 Å². The van der Waals surface area contributed by atoms with Crippen LogP contribution in [0.4, 0.5) is 0 Å². The molecule has 2 aliphatic rings. The average Bonchev–Trinajstić information content (AvgIpc) is 3.12. The van der Waals surface area contributed by atoms with Gasteiger partial charge in [-0.3, -0.25) is 4.98 Å². The van der Waals surface area contributed by atoms with E-state index < -0.39 is 0 Å². The maximum Gasteiger partial charge on any atom is 0.159 e. The van der Waals surface area contributed by atoms with Crippen molar-refractivity contribution in [3.8, 4) is 0 Å². The van der Waals surface area contributed by atoms with Crippen LogP contribution in [0.2, 0.25) is 0 Å². The van der Waals surface area contributed by atoms with Gasteiger partial charge in [-0.15, -0.1) is 0 Å². The lowest BCUT2D eigenvalue weighted by molar-refractivity contribution is -0.0544. The van der Waals surface area contributed by atoms with E-state index in [4.69, 9.17) is 9.47 Å². The Kier molecular flexibility index (Phi) is 4.65. The minimum Gasteiger partial charge on any atom is -0.350 e. The maximum atomic E-state index is 5.63. The van der Waals surface area contributed by atoms with Crippen molar-refractivity contribution in [2.45, 2.75) is 50.9 Å². The van der Waals surface area contributed by atoms with Gasteiger partial charge in [0.2, 0.25) is 0 Å². The van der Waals surface area contributed by atoms with Crippen LogP contribution in [0, 0.1) is 0 Å². The van der Waals surface area contributed by atoms with E-state index in [1.165, 1.54) is 17.7 Å². The molecule has 0 amide bonds. The first-order chi connectivity index (χ1) is 9.88. The molecule has 0 aromatic carbocycles. The lowest BCUT2D eigenvalue weighted by Crippen LogP contribution is -2.38. The number of hydrogen-bond acceptors (Lipinski definition) is 4. The Labute approximate surface area is 120 Å². The highest BCUT2D eigenvalue weighted by Gasteiger charge is 2.33. The van der Waals surface area contributed by atoms with E-state index in [-0.39, 0.29) is 6.29 Å². The van der Waals surface area contributed by atoms with Crippen LogP contribution in [-0.4, -0.2) is 37.1 Å². The predicted octanol–water partition coefficient (Wildman–Crippen LogP) is 2.24. The number of hydrogen-bond donors (Lipinski definition) is 1. The van der Waals surface area contributed by atoms with Gasteiger partial charge >= 0.3 is 0 Å². The molecule has 1 aromatic heterocycles. The van der Waals surface area contributed by atoms with Crippen molar-refractivity contribution in [2.75, 3.05) is 19.8 Å². The van der Waals surface area contributed by atoms with Crippen LogP contribution in [0.1, 0.15) is 43.4 Å². The molecule has 0 radical (unpaired) electrons. The molecule has 2 heterocycles. The van der Waals surface area contributed by atoms with Crippen LogP contribution in [0.3, 0.4) is 0 Å². The van der Waals surface area contributed by atoms with Crippen LogP contribution < -0.4 is 5.32 Å². The van der Waals surface area contributed by atoms with Crippen LogP contribution in [-0.2, 0) is 15.9 Å². The topological polar surface area (TPSA) is 43.4 Å². The van der Waals surface area contributed by atoms with Crippen molar-refractivity contribution in [3.63, 3.8) is 0 Å². The summed E-state index contributed by atoms with van der Waals surface area (Å²) in [6.07, 6.45) is 6.25. The fraction of sp³-hybridized carbons (Fsp3) is 0.688. The molecule has 2 atom stereocenters. The molecule has 3 rings (SSSR count). The van der Waals surface area contributed by atoms with Crippen LogP contribution in [0.25, 0.3) is 0 Å². The summed E-state index contributed by atoms with van der Waals surface area (Å²) in [7, 11) is 0. The summed E-state index contributed by atoms with van der Waals surface area (Å²) in [6.45, 7) is 4.69. The lowest BCUT2D eigenvalue weighted by atomic mass is 9.93. The van der Waals surface area contributed by atoms with Gasteiger partial charge in [-0.2, -0.15) is 0 Å². The van der Waals surface area contributed by atoms with E-state index in [0.717, 1.165) is 39.0 Å². The molecule has 2 unspecified atom stereocenters. The van der Waals surface area contributed by atoms with E-state index >= 15 is 0 Å². The molecule has 4 nitrogen and oxygen atoms in total. The van der Waals surface area contributed by atoms with Crippen LogP contribution in [0.15, 0.2) is 18.3 Å². The van der Waals surface area contributed by atoms with Crippen molar-refractivity contribution in [1.82, 2.24) is 10.3 Å². The summed E-state index contributed by atoms with van der Waals surface area (Å²) in [6, 6.07) is 4.65. The highest BCUT2D eigenvalue weighted by Crippen LogP contribution is 2.35. The Balaban J connectivity index is 1.71. The van der Waals surface area contributed by atoms with E-state index in [2.05, 4.69) is 23.3 Å². The molecule has 110 valence electrons. The number of nitrogens with zero attached hydrogens (tertiary/aromatic N) is 1. The number of ether oxygens (including phenoxy) is 2. The molecule has 1 fully saturated rings. The van der Waals surface area contributed by atoms with Gasteiger partial charge in [-0.05, 0) is 37.4 Å². The zero-order chi connectivity index (χ0) is 13.8. The molecule has 4 heteroatoms. The quantitative estimate of drug-likeness (QED) is 0.865. The Morgan fingerprint density at radius 2 is 2.25 bits per heavy atom. The minimum absolute atomic E-state index is 0.0443. The summed E-state index contributed by atoms with van der Waals surface area (Å²) in [5, 5.41) is 3.68. The monoisotopic (exact) mass is 276 g/mol. The van der Waals surface area contributed by atoms with Crippen LogP contribution >= 0.6 is 0 Å². The second-order valence-electron chi connectivity index (χ2n) is 5.66. The Bertz CT molecular complexity index is 432. The molecule has 1 aliphatic heterocycles. The molecule has 0 saturated carbocycles. The first kappa shape index (κ1) is 14.0. The van der Waals surface area contributed by atoms with E-state index in [9.17, 15) is 0 Å². The van der Waals surface area contributed by atoms with E-state index in [1.807, 2.05) is 12.3 Å². The number of nitrogens with one attached hydrogen (secondary N) is 1. The zero-order valence-corrected chi connectivity index (χ0v) is 12.2. The number of pyridine rings is 1. The standard InChI is InChI=1S/C16H24N2O2/c1-2-7-17-14(11-15-19-9-10-20-15)13-6-5-12-4-3-8-18-16(12)13/h3-4,8,13-15,17H,2,5-7,9-11H2,1H3. The third-order valence-corrected chi connectivity index (χ3v) is 4.28. The third kappa shape index (κ3) is 3.03. The minimum atomic E-state index is -0.0443. The number of fused-ring (bicyclic) bond motifs is 1. The Morgan fingerprint density at radius 1 is 1.40 bits per heavy atom. The van der Waals surface area contributed by atoms with Crippen molar-refractivity contribution < 1.29 is 9.47 Å². The van der Waals surface area contributed by atoms with Gasteiger partial charge in [0, 0.05) is 30.3 Å². The van der Waals surface area contributed by atoms with Gasteiger partial charge in [0.1, 0.15) is 0 Å². The normalized spacial score (nSPS) is 23.9. The summed E-state index contributed by atoms with van der Waals surface area (Å²) in [5.74, 6) is 0.491. The summed E-state index contributed by atoms with van der Waals surface area (Å²) >= 11 is 0.